The molecule has 0 aliphatic rings. The molecule has 0 heterocycles. The van der Waals surface area contributed by atoms with Crippen molar-refractivity contribution in [2.24, 2.45) is 0 Å². The highest BCUT2D eigenvalue weighted by atomic mass is 79.9. The van der Waals surface area contributed by atoms with Crippen molar-refractivity contribution < 1.29 is 12.8 Å². The monoisotopic (exact) mass is 300 g/mol. The molecular weight excluding hydrogens is 295 g/mol. The molecule has 6 heteroatoms. The molecule has 0 amide bonds. The lowest BCUT2D eigenvalue weighted by atomic mass is 10.2. The van der Waals surface area contributed by atoms with Crippen LogP contribution in [0.4, 0.5) is 4.39 Å². The summed E-state index contributed by atoms with van der Waals surface area (Å²) in [7, 11) is 1.30. The van der Waals surface area contributed by atoms with Crippen LogP contribution < -0.4 is 0 Å². The van der Waals surface area contributed by atoms with Gasteiger partial charge in [-0.15, -0.1) is 0 Å². The number of aryl methyl sites for hydroxylation is 1. The fraction of sp³-hybridized carbons (Fsp3) is 0.250. The summed E-state index contributed by atoms with van der Waals surface area (Å²) < 4.78 is 35.3. The van der Waals surface area contributed by atoms with Crippen LogP contribution in [0.15, 0.2) is 16.6 Å². The molecule has 0 aromatic heterocycles. The third-order valence-electron chi connectivity index (χ3n) is 1.66. The van der Waals surface area contributed by atoms with Crippen LogP contribution in [0, 0.1) is 12.7 Å². The van der Waals surface area contributed by atoms with Gasteiger partial charge in [-0.3, -0.25) is 0 Å². The maximum atomic E-state index is 13.2. The largest absolute Gasteiger partial charge is 0.236 e. The Hall–Kier alpha value is -0.130. The van der Waals surface area contributed by atoms with Crippen molar-refractivity contribution in [3.05, 3.63) is 33.5 Å². The molecule has 0 saturated heterocycles. The van der Waals surface area contributed by atoms with Crippen LogP contribution in [-0.2, 0) is 14.8 Å². The van der Waals surface area contributed by atoms with Crippen LogP contribution in [-0.4, -0.2) is 8.42 Å². The minimum atomic E-state index is -3.72. The molecular formula is C8H7BrClFO2S. The molecule has 1 rings (SSSR count). The number of hydrogen-bond donors (Lipinski definition) is 0. The van der Waals surface area contributed by atoms with Crippen LogP contribution in [0.3, 0.4) is 0 Å². The van der Waals surface area contributed by atoms with E-state index in [1.54, 1.807) is 6.92 Å². The van der Waals surface area contributed by atoms with E-state index >= 15 is 0 Å². The zero-order valence-corrected chi connectivity index (χ0v) is 10.4. The molecule has 0 bridgehead atoms. The second-order valence-corrected chi connectivity index (χ2v) is 6.51. The Balaban J connectivity index is 3.17. The molecule has 0 aliphatic heterocycles. The van der Waals surface area contributed by atoms with E-state index < -0.39 is 20.6 Å². The van der Waals surface area contributed by atoms with Crippen molar-refractivity contribution in [2.45, 2.75) is 12.7 Å². The Labute approximate surface area is 94.6 Å². The average Bonchev–Trinajstić information content (AvgIpc) is 1.97. The molecule has 78 valence electrons. The van der Waals surface area contributed by atoms with Gasteiger partial charge in [-0.05, 0) is 24.6 Å². The molecule has 0 unspecified atom stereocenters. The molecule has 0 fully saturated rings. The molecule has 0 N–H and O–H groups in total. The van der Waals surface area contributed by atoms with Crippen molar-refractivity contribution in [3.8, 4) is 0 Å². The lowest BCUT2D eigenvalue weighted by molar-refractivity contribution is 0.596. The maximum absolute atomic E-state index is 13.2. The first-order valence-electron chi connectivity index (χ1n) is 3.66. The first-order chi connectivity index (χ1) is 6.29. The van der Waals surface area contributed by atoms with Gasteiger partial charge in [-0.25, -0.2) is 12.8 Å². The summed E-state index contributed by atoms with van der Waals surface area (Å²) in [6.07, 6.45) is 0. The van der Waals surface area contributed by atoms with E-state index in [9.17, 15) is 12.8 Å². The quantitative estimate of drug-likeness (QED) is 0.787. The average molecular weight is 302 g/mol. The molecule has 0 spiro atoms. The van der Waals surface area contributed by atoms with Gasteiger partial charge < -0.3 is 0 Å². The van der Waals surface area contributed by atoms with Gasteiger partial charge in [0.1, 0.15) is 5.82 Å². The maximum Gasteiger partial charge on any atom is 0.236 e. The predicted octanol–water partition coefficient (Wildman–Crippen LogP) is 2.97. The summed E-state index contributed by atoms with van der Waals surface area (Å²) in [5.41, 5.74) is 0.774. The second kappa shape index (κ2) is 4.16. The zero-order chi connectivity index (χ0) is 10.9. The summed E-state index contributed by atoms with van der Waals surface area (Å²) in [6, 6.07) is 2.69. The first-order valence-corrected chi connectivity index (χ1v) is 6.93. The summed E-state index contributed by atoms with van der Waals surface area (Å²) >= 11 is 3.18. The number of halogens is 3. The molecule has 0 atom stereocenters. The molecule has 0 radical (unpaired) electrons. The van der Waals surface area contributed by atoms with Gasteiger partial charge in [0.2, 0.25) is 9.05 Å². The molecule has 1 aromatic carbocycles. The van der Waals surface area contributed by atoms with E-state index in [2.05, 4.69) is 15.9 Å². The van der Waals surface area contributed by atoms with Gasteiger partial charge >= 0.3 is 0 Å². The summed E-state index contributed by atoms with van der Waals surface area (Å²) in [5, 5.41) is 0. The van der Waals surface area contributed by atoms with E-state index in [4.69, 9.17) is 10.7 Å². The lowest BCUT2D eigenvalue weighted by Crippen LogP contribution is -1.99. The fourth-order valence-electron chi connectivity index (χ4n) is 0.984. The van der Waals surface area contributed by atoms with E-state index in [-0.39, 0.29) is 5.56 Å². The Morgan fingerprint density at radius 3 is 2.57 bits per heavy atom. The van der Waals surface area contributed by atoms with Gasteiger partial charge in [0.05, 0.1) is 5.75 Å². The Morgan fingerprint density at radius 1 is 1.50 bits per heavy atom. The molecule has 2 nitrogen and oxygen atoms in total. The highest BCUT2D eigenvalue weighted by Gasteiger charge is 2.13. The van der Waals surface area contributed by atoms with Crippen molar-refractivity contribution in [3.63, 3.8) is 0 Å². The zero-order valence-electron chi connectivity index (χ0n) is 7.22. The molecule has 0 aliphatic carbocycles. The first kappa shape index (κ1) is 11.9. The Kier molecular flexibility index (Phi) is 3.55. The summed E-state index contributed by atoms with van der Waals surface area (Å²) in [5.74, 6) is -1.06. The predicted molar refractivity (Wildman–Crippen MR) is 57.3 cm³/mol. The van der Waals surface area contributed by atoms with E-state index in [1.165, 1.54) is 12.1 Å². The van der Waals surface area contributed by atoms with Crippen LogP contribution >= 0.6 is 26.6 Å². The fourth-order valence-corrected chi connectivity index (χ4v) is 2.32. The highest BCUT2D eigenvalue weighted by Crippen LogP contribution is 2.22. The lowest BCUT2D eigenvalue weighted by Gasteiger charge is -2.04. The van der Waals surface area contributed by atoms with Crippen LogP contribution in [0.5, 0.6) is 0 Å². The molecule has 0 saturated carbocycles. The third-order valence-corrected chi connectivity index (χ3v) is 3.49. The van der Waals surface area contributed by atoms with Crippen molar-refractivity contribution in [1.82, 2.24) is 0 Å². The molecule has 14 heavy (non-hydrogen) atoms. The van der Waals surface area contributed by atoms with E-state index in [0.717, 1.165) is 0 Å². The second-order valence-electron chi connectivity index (χ2n) is 2.88. The summed E-state index contributed by atoms with van der Waals surface area (Å²) in [4.78, 5) is 0. The normalized spacial score (nSPS) is 11.7. The van der Waals surface area contributed by atoms with Gasteiger partial charge in [-0.1, -0.05) is 15.9 Å². The minimum absolute atomic E-state index is 0.0671. The Bertz CT molecular complexity index is 459. The topological polar surface area (TPSA) is 34.1 Å². The van der Waals surface area contributed by atoms with Gasteiger partial charge in [0.15, 0.2) is 0 Å². The number of rotatable bonds is 2. The van der Waals surface area contributed by atoms with E-state index in [0.29, 0.717) is 10.0 Å². The third kappa shape index (κ3) is 3.22. The summed E-state index contributed by atoms with van der Waals surface area (Å²) in [6.45, 7) is 1.71. The standard InChI is InChI=1S/C8H7BrClFO2S/c1-5-2-8(11)6(3-7(5)9)4-14(10,12)13/h2-3H,4H2,1H3. The molecule has 1 aromatic rings. The SMILES string of the molecule is Cc1cc(F)c(CS(=O)(=O)Cl)cc1Br. The highest BCUT2D eigenvalue weighted by molar-refractivity contribution is 9.10. The van der Waals surface area contributed by atoms with Crippen LogP contribution in [0.1, 0.15) is 11.1 Å². The smallest absolute Gasteiger partial charge is 0.212 e. The van der Waals surface area contributed by atoms with Crippen molar-refractivity contribution in [1.29, 1.82) is 0 Å². The van der Waals surface area contributed by atoms with Crippen molar-refractivity contribution >= 4 is 35.7 Å². The van der Waals surface area contributed by atoms with Gasteiger partial charge in [-0.2, -0.15) is 0 Å². The Morgan fingerprint density at radius 2 is 2.07 bits per heavy atom. The number of benzene rings is 1. The van der Waals surface area contributed by atoms with Crippen molar-refractivity contribution in [2.75, 3.05) is 0 Å². The minimum Gasteiger partial charge on any atom is -0.212 e. The van der Waals surface area contributed by atoms with Gasteiger partial charge in [0.25, 0.3) is 0 Å². The van der Waals surface area contributed by atoms with Gasteiger partial charge in [0, 0.05) is 20.7 Å². The van der Waals surface area contributed by atoms with Crippen LogP contribution in [0.2, 0.25) is 0 Å². The van der Waals surface area contributed by atoms with E-state index in [1.807, 2.05) is 0 Å². The number of hydrogen-bond acceptors (Lipinski definition) is 2. The van der Waals surface area contributed by atoms with Crippen LogP contribution in [0.25, 0.3) is 0 Å².